The molecule has 0 aromatic heterocycles. The molecule has 0 fully saturated rings. The number of benzene rings is 2. The number of rotatable bonds is 3. The van der Waals surface area contributed by atoms with Crippen molar-refractivity contribution in [1.29, 1.82) is 0 Å². The first kappa shape index (κ1) is 13.2. The number of ether oxygens (including phenoxy) is 1. The van der Waals surface area contributed by atoms with Gasteiger partial charge in [-0.2, -0.15) is 0 Å². The van der Waals surface area contributed by atoms with E-state index < -0.39 is 11.6 Å². The maximum absolute atomic E-state index is 13.0. The Kier molecular flexibility index (Phi) is 4.09. The third-order valence-electron chi connectivity index (χ3n) is 2.30. The fourth-order valence-electron chi connectivity index (χ4n) is 1.40. The highest BCUT2D eigenvalue weighted by Gasteiger charge is 2.05. The van der Waals surface area contributed by atoms with Gasteiger partial charge in [-0.15, -0.1) is 12.6 Å². The van der Waals surface area contributed by atoms with Crippen LogP contribution in [0, 0.1) is 11.6 Å². The first-order chi connectivity index (χ1) is 8.56. The fourth-order valence-corrected chi connectivity index (χ4v) is 1.93. The van der Waals surface area contributed by atoms with Crippen LogP contribution in [0.15, 0.2) is 41.3 Å². The van der Waals surface area contributed by atoms with Crippen LogP contribution in [-0.4, -0.2) is 0 Å². The molecule has 0 aliphatic rings. The molecule has 18 heavy (non-hydrogen) atoms. The van der Waals surface area contributed by atoms with Crippen molar-refractivity contribution in [2.75, 3.05) is 0 Å². The van der Waals surface area contributed by atoms with E-state index in [1.165, 1.54) is 6.07 Å². The van der Waals surface area contributed by atoms with Gasteiger partial charge in [0.25, 0.3) is 0 Å². The molecule has 0 bridgehead atoms. The van der Waals surface area contributed by atoms with Crippen LogP contribution in [0.5, 0.6) is 5.75 Å². The van der Waals surface area contributed by atoms with Crippen LogP contribution < -0.4 is 4.74 Å². The van der Waals surface area contributed by atoms with E-state index in [-0.39, 0.29) is 6.61 Å². The highest BCUT2D eigenvalue weighted by Crippen LogP contribution is 2.26. The van der Waals surface area contributed by atoms with Crippen molar-refractivity contribution in [2.45, 2.75) is 11.5 Å². The molecule has 2 aromatic carbocycles. The molecule has 5 heteroatoms. The molecule has 0 radical (unpaired) electrons. The van der Waals surface area contributed by atoms with Crippen molar-refractivity contribution >= 4 is 24.2 Å². The third kappa shape index (κ3) is 3.15. The number of hydrogen-bond acceptors (Lipinski definition) is 2. The van der Waals surface area contributed by atoms with Crippen LogP contribution in [0.25, 0.3) is 0 Å². The van der Waals surface area contributed by atoms with E-state index in [1.54, 1.807) is 18.2 Å². The van der Waals surface area contributed by atoms with Crippen molar-refractivity contribution < 1.29 is 13.5 Å². The van der Waals surface area contributed by atoms with Crippen molar-refractivity contribution in [2.24, 2.45) is 0 Å². The molecule has 0 N–H and O–H groups in total. The Hall–Kier alpha value is -1.26. The quantitative estimate of drug-likeness (QED) is 0.818. The summed E-state index contributed by atoms with van der Waals surface area (Å²) in [5, 5.41) is 0.556. The lowest BCUT2D eigenvalue weighted by Crippen LogP contribution is -1.97. The molecule has 1 nitrogen and oxygen atoms in total. The summed E-state index contributed by atoms with van der Waals surface area (Å²) in [6.45, 7) is 0.131. The van der Waals surface area contributed by atoms with Gasteiger partial charge in [0.1, 0.15) is 12.4 Å². The fraction of sp³-hybridized carbons (Fsp3) is 0.0769. The Morgan fingerprint density at radius 1 is 1.06 bits per heavy atom. The zero-order valence-corrected chi connectivity index (χ0v) is 10.8. The summed E-state index contributed by atoms with van der Waals surface area (Å²) in [7, 11) is 0. The Bertz CT molecular complexity index is 575. The average Bonchev–Trinajstić information content (AvgIpc) is 2.32. The summed E-state index contributed by atoms with van der Waals surface area (Å²) in [6.07, 6.45) is 0. The molecule has 0 aliphatic carbocycles. The van der Waals surface area contributed by atoms with Crippen molar-refractivity contribution in [3.63, 3.8) is 0 Å². The van der Waals surface area contributed by atoms with E-state index >= 15 is 0 Å². The summed E-state index contributed by atoms with van der Waals surface area (Å²) >= 11 is 9.98. The van der Waals surface area contributed by atoms with Crippen molar-refractivity contribution in [3.05, 3.63) is 58.6 Å². The van der Waals surface area contributed by atoms with Gasteiger partial charge in [0.2, 0.25) is 0 Å². The summed E-state index contributed by atoms with van der Waals surface area (Å²) in [5.41, 5.74) is 0.539. The van der Waals surface area contributed by atoms with Gasteiger partial charge in [0.05, 0.1) is 0 Å². The molecule has 0 unspecified atom stereocenters. The van der Waals surface area contributed by atoms with Gasteiger partial charge < -0.3 is 4.74 Å². The molecule has 0 spiro atoms. The number of halogens is 3. The predicted molar refractivity (Wildman–Crippen MR) is 69.4 cm³/mol. The van der Waals surface area contributed by atoms with Gasteiger partial charge in [-0.25, -0.2) is 8.78 Å². The molecule has 2 rings (SSSR count). The van der Waals surface area contributed by atoms with Gasteiger partial charge in [-0.3, -0.25) is 0 Å². The second-order valence-corrected chi connectivity index (χ2v) is 4.57. The van der Waals surface area contributed by atoms with E-state index in [2.05, 4.69) is 12.6 Å². The Labute approximate surface area is 114 Å². The third-order valence-corrected chi connectivity index (χ3v) is 2.88. The molecule has 0 amide bonds. The number of hydrogen-bond donors (Lipinski definition) is 1. The van der Waals surface area contributed by atoms with E-state index in [0.29, 0.717) is 21.2 Å². The van der Waals surface area contributed by atoms with Crippen LogP contribution in [0.4, 0.5) is 8.78 Å². The van der Waals surface area contributed by atoms with Crippen LogP contribution in [0.2, 0.25) is 5.02 Å². The lowest BCUT2D eigenvalue weighted by atomic mass is 10.2. The molecule has 2 aromatic rings. The van der Waals surface area contributed by atoms with E-state index in [0.717, 1.165) is 12.1 Å². The standard InChI is InChI=1S/C13H9ClF2OS/c14-9-2-4-12(13(18)6-9)17-7-8-1-3-10(15)11(16)5-8/h1-6,18H,7H2. The summed E-state index contributed by atoms with van der Waals surface area (Å²) in [4.78, 5) is 0.588. The zero-order chi connectivity index (χ0) is 13.1. The topological polar surface area (TPSA) is 9.23 Å². The van der Waals surface area contributed by atoms with Gasteiger partial charge in [0, 0.05) is 9.92 Å². The SMILES string of the molecule is Fc1ccc(COc2ccc(Cl)cc2S)cc1F. The second-order valence-electron chi connectivity index (χ2n) is 3.65. The van der Waals surface area contributed by atoms with Crippen LogP contribution in [0.1, 0.15) is 5.56 Å². The minimum Gasteiger partial charge on any atom is -0.488 e. The lowest BCUT2D eigenvalue weighted by molar-refractivity contribution is 0.298. The first-order valence-corrected chi connectivity index (χ1v) is 5.94. The van der Waals surface area contributed by atoms with Crippen LogP contribution in [0.3, 0.4) is 0 Å². The minimum atomic E-state index is -0.890. The first-order valence-electron chi connectivity index (χ1n) is 5.11. The molecular formula is C13H9ClF2OS. The predicted octanol–water partition coefficient (Wildman–Crippen LogP) is 4.49. The van der Waals surface area contributed by atoms with Crippen molar-refractivity contribution in [3.8, 4) is 5.75 Å². The molecule has 0 atom stereocenters. The van der Waals surface area contributed by atoms with E-state index in [1.807, 2.05) is 0 Å². The van der Waals surface area contributed by atoms with Crippen molar-refractivity contribution in [1.82, 2.24) is 0 Å². The summed E-state index contributed by atoms with van der Waals surface area (Å²) < 4.78 is 31.2. The maximum atomic E-state index is 13.0. The van der Waals surface area contributed by atoms with Gasteiger partial charge in [0.15, 0.2) is 11.6 Å². The largest absolute Gasteiger partial charge is 0.488 e. The highest BCUT2D eigenvalue weighted by molar-refractivity contribution is 7.80. The van der Waals surface area contributed by atoms with E-state index in [4.69, 9.17) is 16.3 Å². The summed E-state index contributed by atoms with van der Waals surface area (Å²) in [5.74, 6) is -1.23. The normalized spacial score (nSPS) is 10.4. The Morgan fingerprint density at radius 2 is 1.83 bits per heavy atom. The van der Waals surface area contributed by atoms with Crippen LogP contribution >= 0.6 is 24.2 Å². The molecule has 0 saturated carbocycles. The molecule has 0 saturated heterocycles. The van der Waals surface area contributed by atoms with Crippen LogP contribution in [-0.2, 0) is 6.61 Å². The maximum Gasteiger partial charge on any atom is 0.159 e. The summed E-state index contributed by atoms with van der Waals surface area (Å²) in [6, 6.07) is 8.62. The molecule has 0 aliphatic heterocycles. The van der Waals surface area contributed by atoms with Gasteiger partial charge >= 0.3 is 0 Å². The average molecular weight is 287 g/mol. The molecule has 0 heterocycles. The Balaban J connectivity index is 2.09. The number of thiol groups is 1. The lowest BCUT2D eigenvalue weighted by Gasteiger charge is -2.09. The highest BCUT2D eigenvalue weighted by atomic mass is 35.5. The zero-order valence-electron chi connectivity index (χ0n) is 9.16. The smallest absolute Gasteiger partial charge is 0.159 e. The van der Waals surface area contributed by atoms with Gasteiger partial charge in [-0.1, -0.05) is 17.7 Å². The van der Waals surface area contributed by atoms with E-state index in [9.17, 15) is 8.78 Å². The van der Waals surface area contributed by atoms with Gasteiger partial charge in [-0.05, 0) is 35.9 Å². The molecule has 94 valence electrons. The monoisotopic (exact) mass is 286 g/mol. The minimum absolute atomic E-state index is 0.131. The second kappa shape index (κ2) is 5.59. The Morgan fingerprint density at radius 3 is 2.50 bits per heavy atom. The molecular weight excluding hydrogens is 278 g/mol.